The molecule has 0 aromatic heterocycles. The molecule has 6 heteroatoms. The van der Waals surface area contributed by atoms with Gasteiger partial charge in [-0.25, -0.2) is 0 Å². The molecule has 1 aliphatic rings. The summed E-state index contributed by atoms with van der Waals surface area (Å²) in [7, 11) is 0. The molecule has 1 unspecified atom stereocenters. The van der Waals surface area contributed by atoms with Crippen molar-refractivity contribution in [1.29, 1.82) is 0 Å². The van der Waals surface area contributed by atoms with Gasteiger partial charge in [-0.2, -0.15) is 0 Å². The van der Waals surface area contributed by atoms with E-state index in [-0.39, 0.29) is 39.3 Å². The first kappa shape index (κ1) is 16.6. The second-order valence-corrected chi connectivity index (χ2v) is 4.40. The minimum atomic E-state index is -0.650. The van der Waals surface area contributed by atoms with Crippen molar-refractivity contribution < 1.29 is 35.4 Å². The first-order valence-electron chi connectivity index (χ1n) is 6.26. The van der Waals surface area contributed by atoms with E-state index in [0.717, 1.165) is 12.0 Å². The molecule has 1 heterocycles. The van der Waals surface area contributed by atoms with Crippen LogP contribution in [0.5, 0.6) is 0 Å². The van der Waals surface area contributed by atoms with Crippen LogP contribution in [0.15, 0.2) is 18.2 Å². The standard InChI is InChI=1S/C14H15N2O3.W/c1-2-9-5-3-4-6-10(9)13(18)15-11-7-8-12(17)16-14(11)19;/h3-5,11H,2,7-8H2,1H3,(H,15,18)(H,16,17,19);/q-1;. The fourth-order valence-corrected chi connectivity index (χ4v) is 2.04. The Hall–Kier alpha value is -1.48. The number of hydrogen-bond donors (Lipinski definition) is 2. The molecule has 20 heavy (non-hydrogen) atoms. The molecule has 1 atom stereocenters. The molecule has 3 amide bonds. The van der Waals surface area contributed by atoms with Crippen LogP contribution in [0.1, 0.15) is 35.7 Å². The Balaban J connectivity index is 0.00000200. The summed E-state index contributed by atoms with van der Waals surface area (Å²) >= 11 is 0. The van der Waals surface area contributed by atoms with Gasteiger partial charge in [0, 0.05) is 27.5 Å². The van der Waals surface area contributed by atoms with Crippen molar-refractivity contribution in [3.63, 3.8) is 0 Å². The molecule has 1 aromatic rings. The Kier molecular flexibility index (Phi) is 6.08. The second-order valence-electron chi connectivity index (χ2n) is 4.40. The first-order valence-corrected chi connectivity index (χ1v) is 6.26. The number of hydrogen-bond acceptors (Lipinski definition) is 3. The molecule has 1 aliphatic heterocycles. The van der Waals surface area contributed by atoms with Crippen LogP contribution in [-0.2, 0) is 37.1 Å². The number of aryl methyl sites for hydroxylation is 1. The third-order valence-corrected chi connectivity index (χ3v) is 3.09. The van der Waals surface area contributed by atoms with Crippen molar-refractivity contribution in [3.8, 4) is 0 Å². The summed E-state index contributed by atoms with van der Waals surface area (Å²) < 4.78 is 0. The van der Waals surface area contributed by atoms with E-state index in [1.807, 2.05) is 19.1 Å². The number of amides is 3. The van der Waals surface area contributed by atoms with Crippen LogP contribution < -0.4 is 10.6 Å². The minimum absolute atomic E-state index is 0. The van der Waals surface area contributed by atoms with Crippen molar-refractivity contribution in [2.45, 2.75) is 32.2 Å². The van der Waals surface area contributed by atoms with Crippen molar-refractivity contribution >= 4 is 17.7 Å². The normalized spacial score (nSPS) is 17.9. The predicted octanol–water partition coefficient (Wildman–Crippen LogP) is 0.582. The van der Waals surface area contributed by atoms with E-state index in [2.05, 4.69) is 16.7 Å². The van der Waals surface area contributed by atoms with E-state index in [0.29, 0.717) is 12.0 Å². The summed E-state index contributed by atoms with van der Waals surface area (Å²) in [6, 6.07) is 7.58. The van der Waals surface area contributed by atoms with Gasteiger partial charge in [0.05, 0.1) is 0 Å². The van der Waals surface area contributed by atoms with Gasteiger partial charge >= 0.3 is 0 Å². The molecule has 0 aliphatic carbocycles. The van der Waals surface area contributed by atoms with Crippen LogP contribution in [0, 0.1) is 6.07 Å². The molecule has 0 bridgehead atoms. The van der Waals surface area contributed by atoms with E-state index in [1.165, 1.54) is 0 Å². The summed E-state index contributed by atoms with van der Waals surface area (Å²) in [6.07, 6.45) is 1.30. The number of nitrogens with one attached hydrogen (secondary N) is 2. The maximum Gasteiger partial charge on any atom is 0.248 e. The van der Waals surface area contributed by atoms with Gasteiger partial charge in [0.1, 0.15) is 6.04 Å². The fourth-order valence-electron chi connectivity index (χ4n) is 2.04. The zero-order valence-corrected chi connectivity index (χ0v) is 14.0. The van der Waals surface area contributed by atoms with E-state index in [9.17, 15) is 14.4 Å². The van der Waals surface area contributed by atoms with E-state index in [4.69, 9.17) is 0 Å². The molecule has 0 radical (unpaired) electrons. The van der Waals surface area contributed by atoms with Gasteiger partial charge in [0.2, 0.25) is 11.8 Å². The molecule has 5 nitrogen and oxygen atoms in total. The third kappa shape index (κ3) is 3.76. The summed E-state index contributed by atoms with van der Waals surface area (Å²) in [5.74, 6) is -1.07. The number of carbonyl (C=O) groups is 3. The van der Waals surface area contributed by atoms with E-state index in [1.54, 1.807) is 6.07 Å². The molecular weight excluding hydrogens is 428 g/mol. The van der Waals surface area contributed by atoms with Gasteiger partial charge < -0.3 is 10.1 Å². The fraction of sp³-hybridized carbons (Fsp3) is 0.357. The summed E-state index contributed by atoms with van der Waals surface area (Å²) in [5.41, 5.74) is 1.34. The van der Waals surface area contributed by atoms with Crippen LogP contribution in [0.4, 0.5) is 0 Å². The summed E-state index contributed by atoms with van der Waals surface area (Å²) in [5, 5.41) is 4.86. The summed E-state index contributed by atoms with van der Waals surface area (Å²) in [6.45, 7) is 1.95. The molecule has 1 aromatic carbocycles. The predicted molar refractivity (Wildman–Crippen MR) is 68.3 cm³/mol. The molecule has 0 spiro atoms. The van der Waals surface area contributed by atoms with E-state index >= 15 is 0 Å². The molecule has 0 saturated carbocycles. The number of carbonyl (C=O) groups excluding carboxylic acids is 3. The first-order chi connectivity index (χ1) is 9.11. The maximum atomic E-state index is 12.1. The molecule has 1 saturated heterocycles. The van der Waals surface area contributed by atoms with E-state index < -0.39 is 11.9 Å². The Morgan fingerprint density at radius 3 is 2.90 bits per heavy atom. The van der Waals surface area contributed by atoms with Gasteiger partial charge in [0.25, 0.3) is 0 Å². The van der Waals surface area contributed by atoms with Gasteiger partial charge in [-0.05, 0) is 6.42 Å². The van der Waals surface area contributed by atoms with Crippen molar-refractivity contribution in [2.75, 3.05) is 0 Å². The summed E-state index contributed by atoms with van der Waals surface area (Å²) in [4.78, 5) is 34.7. The maximum absolute atomic E-state index is 12.1. The second kappa shape index (κ2) is 7.34. The third-order valence-electron chi connectivity index (χ3n) is 3.09. The topological polar surface area (TPSA) is 75.3 Å². The van der Waals surface area contributed by atoms with Gasteiger partial charge in [-0.15, -0.1) is 29.8 Å². The van der Waals surface area contributed by atoms with Crippen molar-refractivity contribution in [3.05, 3.63) is 35.4 Å². The number of piperidine rings is 1. The average molecular weight is 443 g/mol. The van der Waals surface area contributed by atoms with Crippen molar-refractivity contribution in [1.82, 2.24) is 10.6 Å². The Labute approximate surface area is 131 Å². The Morgan fingerprint density at radius 2 is 2.25 bits per heavy atom. The number of imide groups is 1. The van der Waals surface area contributed by atoms with Gasteiger partial charge in [-0.1, -0.05) is 18.9 Å². The van der Waals surface area contributed by atoms with Crippen LogP contribution in [0.2, 0.25) is 0 Å². The zero-order chi connectivity index (χ0) is 13.8. The average Bonchev–Trinajstić information content (AvgIpc) is 2.41. The smallest absolute Gasteiger partial charge is 0.248 e. The minimum Gasteiger partial charge on any atom is -0.381 e. The van der Waals surface area contributed by atoms with Crippen LogP contribution in [0.3, 0.4) is 0 Å². The monoisotopic (exact) mass is 443 g/mol. The zero-order valence-electron chi connectivity index (χ0n) is 11.1. The SMILES string of the molecule is CCc1ccc[c-]c1C(=O)NC1CCC(=O)NC1=O.[W]. The number of rotatable bonds is 3. The van der Waals surface area contributed by atoms with Gasteiger partial charge in [0.15, 0.2) is 5.91 Å². The largest absolute Gasteiger partial charge is 0.381 e. The molecule has 2 rings (SSSR count). The number of benzene rings is 1. The Morgan fingerprint density at radius 1 is 1.50 bits per heavy atom. The molecular formula is C14H15N2O3W-. The van der Waals surface area contributed by atoms with Crippen LogP contribution in [0.25, 0.3) is 0 Å². The molecule has 1 fully saturated rings. The van der Waals surface area contributed by atoms with Gasteiger partial charge in [-0.3, -0.25) is 14.9 Å². The molecule has 106 valence electrons. The van der Waals surface area contributed by atoms with Crippen LogP contribution >= 0.6 is 0 Å². The quantitative estimate of drug-likeness (QED) is 0.531. The Bertz CT molecular complexity index is 531. The van der Waals surface area contributed by atoms with Crippen molar-refractivity contribution in [2.24, 2.45) is 0 Å². The van der Waals surface area contributed by atoms with Crippen LogP contribution in [-0.4, -0.2) is 23.8 Å². The molecule has 2 N–H and O–H groups in total.